The molecule has 0 aromatic heterocycles. The number of ketones is 1. The average molecular weight is 270 g/mol. The van der Waals surface area contributed by atoms with Crippen LogP contribution in [-0.2, 0) is 19.4 Å². The van der Waals surface area contributed by atoms with Crippen LogP contribution in [0.3, 0.4) is 0 Å². The molecule has 1 N–H and O–H groups in total. The van der Waals surface area contributed by atoms with Gasteiger partial charge in [0.2, 0.25) is 0 Å². The summed E-state index contributed by atoms with van der Waals surface area (Å²) in [6.45, 7) is 1.16. The molecule has 1 unspecified atom stereocenters. The molecular formula is C12H14O5S. The van der Waals surface area contributed by atoms with E-state index in [1.165, 1.54) is 12.1 Å². The zero-order chi connectivity index (χ0) is 13.8. The number of carbonyl (C=O) groups is 2. The van der Waals surface area contributed by atoms with Crippen LogP contribution in [-0.4, -0.2) is 30.5 Å². The third-order valence-corrected chi connectivity index (χ3v) is 4.77. The van der Waals surface area contributed by atoms with Crippen molar-refractivity contribution in [1.82, 2.24) is 0 Å². The highest BCUT2D eigenvalue weighted by atomic mass is 32.2. The monoisotopic (exact) mass is 270 g/mol. The van der Waals surface area contributed by atoms with Crippen LogP contribution >= 0.6 is 0 Å². The molecule has 98 valence electrons. The second kappa shape index (κ2) is 5.77. The van der Waals surface area contributed by atoms with Gasteiger partial charge in [-0.2, -0.15) is 0 Å². The van der Waals surface area contributed by atoms with E-state index in [0.29, 0.717) is 0 Å². The maximum Gasteiger partial charge on any atom is 0.303 e. The van der Waals surface area contributed by atoms with Gasteiger partial charge in [-0.3, -0.25) is 9.59 Å². The fourth-order valence-electron chi connectivity index (χ4n) is 1.61. The van der Waals surface area contributed by atoms with Crippen molar-refractivity contribution in [2.75, 3.05) is 0 Å². The number of benzene rings is 1. The van der Waals surface area contributed by atoms with E-state index in [1.807, 2.05) is 0 Å². The summed E-state index contributed by atoms with van der Waals surface area (Å²) in [6, 6.07) is 7.57. The second-order valence-electron chi connectivity index (χ2n) is 3.89. The van der Waals surface area contributed by atoms with Gasteiger partial charge in [-0.1, -0.05) is 18.2 Å². The van der Waals surface area contributed by atoms with E-state index in [2.05, 4.69) is 0 Å². The van der Waals surface area contributed by atoms with E-state index < -0.39 is 26.8 Å². The molecule has 1 atom stereocenters. The van der Waals surface area contributed by atoms with Gasteiger partial charge in [0, 0.05) is 6.42 Å². The smallest absolute Gasteiger partial charge is 0.303 e. The summed E-state index contributed by atoms with van der Waals surface area (Å²) < 4.78 is 24.3. The van der Waals surface area contributed by atoms with Gasteiger partial charge in [0.25, 0.3) is 0 Å². The number of carboxylic acids is 1. The minimum atomic E-state index is -3.81. The topological polar surface area (TPSA) is 88.5 Å². The molecule has 0 saturated heterocycles. The van der Waals surface area contributed by atoms with Gasteiger partial charge in [-0.15, -0.1) is 0 Å². The van der Waals surface area contributed by atoms with Crippen molar-refractivity contribution < 1.29 is 23.1 Å². The lowest BCUT2D eigenvalue weighted by molar-refractivity contribution is -0.137. The minimum absolute atomic E-state index is 0.0376. The van der Waals surface area contributed by atoms with Crippen molar-refractivity contribution in [2.45, 2.75) is 29.9 Å². The fourth-order valence-corrected chi connectivity index (χ4v) is 3.34. The molecule has 0 bridgehead atoms. The van der Waals surface area contributed by atoms with Crippen LogP contribution in [0, 0.1) is 0 Å². The number of carboxylic acid groups (broad SMARTS) is 1. The summed E-state index contributed by atoms with van der Waals surface area (Å²) in [7, 11) is -3.81. The summed E-state index contributed by atoms with van der Waals surface area (Å²) in [5, 5.41) is 7.28. The average Bonchev–Trinajstić information content (AvgIpc) is 2.29. The number of sulfone groups is 1. The normalized spacial score (nSPS) is 12.9. The van der Waals surface area contributed by atoms with Crippen LogP contribution in [0.2, 0.25) is 0 Å². The Morgan fingerprint density at radius 2 is 1.78 bits per heavy atom. The highest BCUT2D eigenvalue weighted by molar-refractivity contribution is 7.92. The zero-order valence-electron chi connectivity index (χ0n) is 9.87. The Morgan fingerprint density at radius 3 is 2.22 bits per heavy atom. The van der Waals surface area contributed by atoms with Gasteiger partial charge in [0.1, 0.15) is 11.0 Å². The van der Waals surface area contributed by atoms with Gasteiger partial charge in [0.05, 0.1) is 4.90 Å². The van der Waals surface area contributed by atoms with E-state index in [4.69, 9.17) is 5.11 Å². The molecule has 0 radical (unpaired) electrons. The van der Waals surface area contributed by atoms with Crippen LogP contribution in [0.1, 0.15) is 19.8 Å². The molecule has 0 heterocycles. The number of hydrogen-bond donors (Lipinski definition) is 1. The number of aliphatic carboxylic acids is 1. The Bertz CT molecular complexity index is 533. The molecule has 0 aliphatic carbocycles. The predicted octanol–water partition coefficient (Wildman–Crippen LogP) is 1.28. The van der Waals surface area contributed by atoms with E-state index in [-0.39, 0.29) is 17.7 Å². The first kappa shape index (κ1) is 14.4. The molecule has 0 fully saturated rings. The van der Waals surface area contributed by atoms with Crippen molar-refractivity contribution in [3.05, 3.63) is 30.3 Å². The molecule has 0 amide bonds. The zero-order valence-corrected chi connectivity index (χ0v) is 10.7. The minimum Gasteiger partial charge on any atom is -0.481 e. The third kappa shape index (κ3) is 3.40. The van der Waals surface area contributed by atoms with Gasteiger partial charge in [0.15, 0.2) is 9.84 Å². The lowest BCUT2D eigenvalue weighted by atomic mass is 10.2. The first-order valence-corrected chi connectivity index (χ1v) is 6.91. The van der Waals surface area contributed by atoms with Gasteiger partial charge in [-0.05, 0) is 25.5 Å². The standard InChI is InChI=1S/C12H14O5S/c1-9(13)11(7-8-12(14)15)18(16,17)10-5-3-2-4-6-10/h2-6,11H,7-8H2,1H3,(H,14,15). The molecule has 0 aliphatic heterocycles. The van der Waals surface area contributed by atoms with Crippen molar-refractivity contribution in [3.63, 3.8) is 0 Å². The van der Waals surface area contributed by atoms with Crippen molar-refractivity contribution >= 4 is 21.6 Å². The van der Waals surface area contributed by atoms with Crippen molar-refractivity contribution in [2.24, 2.45) is 0 Å². The maximum atomic E-state index is 12.2. The van der Waals surface area contributed by atoms with E-state index in [9.17, 15) is 18.0 Å². The molecule has 0 spiro atoms. The fraction of sp³-hybridized carbons (Fsp3) is 0.333. The Balaban J connectivity index is 3.06. The highest BCUT2D eigenvalue weighted by Crippen LogP contribution is 2.20. The summed E-state index contributed by atoms with van der Waals surface area (Å²) in [5.74, 6) is -1.66. The summed E-state index contributed by atoms with van der Waals surface area (Å²) >= 11 is 0. The highest BCUT2D eigenvalue weighted by Gasteiger charge is 2.31. The quantitative estimate of drug-likeness (QED) is 0.841. The Kier molecular flexibility index (Phi) is 4.61. The Labute approximate surface area is 105 Å². The number of carbonyl (C=O) groups excluding carboxylic acids is 1. The first-order valence-electron chi connectivity index (χ1n) is 5.37. The molecule has 1 rings (SSSR count). The van der Waals surface area contributed by atoms with Crippen molar-refractivity contribution in [1.29, 1.82) is 0 Å². The molecule has 1 aromatic carbocycles. The molecule has 6 heteroatoms. The summed E-state index contributed by atoms with van der Waals surface area (Å²) in [5.41, 5.74) is 0. The van der Waals surface area contributed by atoms with E-state index in [1.54, 1.807) is 18.2 Å². The van der Waals surface area contributed by atoms with Crippen LogP contribution in [0.4, 0.5) is 0 Å². The lowest BCUT2D eigenvalue weighted by Crippen LogP contribution is -2.29. The van der Waals surface area contributed by atoms with Gasteiger partial charge >= 0.3 is 5.97 Å². The second-order valence-corrected chi connectivity index (χ2v) is 6.02. The van der Waals surface area contributed by atoms with Crippen LogP contribution < -0.4 is 0 Å². The SMILES string of the molecule is CC(=O)C(CCC(=O)O)S(=O)(=O)c1ccccc1. The summed E-state index contributed by atoms with van der Waals surface area (Å²) in [4.78, 5) is 21.9. The Hall–Kier alpha value is -1.69. The third-order valence-electron chi connectivity index (χ3n) is 2.52. The van der Waals surface area contributed by atoms with Crippen LogP contribution in [0.25, 0.3) is 0 Å². The molecule has 0 saturated carbocycles. The van der Waals surface area contributed by atoms with Crippen LogP contribution in [0.15, 0.2) is 35.2 Å². The predicted molar refractivity (Wildman–Crippen MR) is 65.0 cm³/mol. The van der Waals surface area contributed by atoms with Gasteiger partial charge < -0.3 is 5.11 Å². The summed E-state index contributed by atoms with van der Waals surface area (Å²) in [6.07, 6.45) is -0.557. The molecule has 1 aromatic rings. The largest absolute Gasteiger partial charge is 0.481 e. The molecule has 0 aliphatic rings. The number of Topliss-reactive ketones (excluding diaryl/α,β-unsaturated/α-hetero) is 1. The molecular weight excluding hydrogens is 256 g/mol. The van der Waals surface area contributed by atoms with E-state index in [0.717, 1.165) is 6.92 Å². The van der Waals surface area contributed by atoms with E-state index >= 15 is 0 Å². The number of hydrogen-bond acceptors (Lipinski definition) is 4. The lowest BCUT2D eigenvalue weighted by Gasteiger charge is -2.13. The number of rotatable bonds is 6. The maximum absolute atomic E-state index is 12.2. The van der Waals surface area contributed by atoms with Crippen LogP contribution in [0.5, 0.6) is 0 Å². The van der Waals surface area contributed by atoms with Gasteiger partial charge in [-0.25, -0.2) is 8.42 Å². The van der Waals surface area contributed by atoms with Crippen molar-refractivity contribution in [3.8, 4) is 0 Å². The molecule has 18 heavy (non-hydrogen) atoms. The first-order chi connectivity index (χ1) is 8.35. The molecule has 5 nitrogen and oxygen atoms in total. The Morgan fingerprint density at radius 1 is 1.22 bits per heavy atom.